The highest BCUT2D eigenvalue weighted by molar-refractivity contribution is 6.00. The van der Waals surface area contributed by atoms with E-state index in [9.17, 15) is 9.59 Å². The number of amides is 2. The Morgan fingerprint density at radius 1 is 1.25 bits per heavy atom. The predicted molar refractivity (Wildman–Crippen MR) is 89.5 cm³/mol. The Hall–Kier alpha value is -3.02. The minimum atomic E-state index is -0.208. The third-order valence-corrected chi connectivity index (χ3v) is 3.92. The van der Waals surface area contributed by atoms with Gasteiger partial charge in [-0.1, -0.05) is 12.1 Å². The number of anilines is 1. The molecule has 6 nitrogen and oxygen atoms in total. The molecule has 2 amide bonds. The van der Waals surface area contributed by atoms with E-state index in [-0.39, 0.29) is 18.4 Å². The standard InChI is InChI=1S/C18H18N2O4/c1-20-15-9-13(5-8-16(15)24-11-17(20)21)18(22)19-10-12-3-6-14(23-2)7-4-12/h3-9H,10-11H2,1-2H3,(H,19,22). The maximum atomic E-state index is 12.3. The predicted octanol–water partition coefficient (Wildman–Crippen LogP) is 1.98. The van der Waals surface area contributed by atoms with Gasteiger partial charge in [-0.25, -0.2) is 0 Å². The molecule has 1 aliphatic heterocycles. The number of rotatable bonds is 4. The van der Waals surface area contributed by atoms with Crippen LogP contribution in [0.1, 0.15) is 15.9 Å². The van der Waals surface area contributed by atoms with Crippen LogP contribution in [-0.2, 0) is 11.3 Å². The lowest BCUT2D eigenvalue weighted by atomic mass is 10.1. The van der Waals surface area contributed by atoms with E-state index in [1.807, 2.05) is 24.3 Å². The fraction of sp³-hybridized carbons (Fsp3) is 0.222. The average molecular weight is 326 g/mol. The van der Waals surface area contributed by atoms with Gasteiger partial charge in [0.25, 0.3) is 11.8 Å². The average Bonchev–Trinajstić information content (AvgIpc) is 2.63. The smallest absolute Gasteiger partial charge is 0.264 e. The minimum Gasteiger partial charge on any atom is -0.497 e. The van der Waals surface area contributed by atoms with Crippen LogP contribution in [0.5, 0.6) is 11.5 Å². The van der Waals surface area contributed by atoms with Gasteiger partial charge in [0.05, 0.1) is 12.8 Å². The van der Waals surface area contributed by atoms with Crippen LogP contribution < -0.4 is 19.7 Å². The molecule has 0 aromatic heterocycles. The molecular formula is C18H18N2O4. The van der Waals surface area contributed by atoms with Gasteiger partial charge < -0.3 is 19.7 Å². The Morgan fingerprint density at radius 3 is 2.71 bits per heavy atom. The van der Waals surface area contributed by atoms with E-state index in [1.54, 1.807) is 32.4 Å². The molecule has 1 aliphatic rings. The van der Waals surface area contributed by atoms with Gasteiger partial charge in [-0.15, -0.1) is 0 Å². The summed E-state index contributed by atoms with van der Waals surface area (Å²) in [6, 6.07) is 12.5. The molecule has 2 aromatic rings. The zero-order valence-corrected chi connectivity index (χ0v) is 13.5. The van der Waals surface area contributed by atoms with E-state index >= 15 is 0 Å². The van der Waals surface area contributed by atoms with Crippen molar-refractivity contribution in [1.29, 1.82) is 0 Å². The summed E-state index contributed by atoms with van der Waals surface area (Å²) in [4.78, 5) is 25.5. The molecule has 1 heterocycles. The van der Waals surface area contributed by atoms with Crippen molar-refractivity contribution in [3.05, 3.63) is 53.6 Å². The van der Waals surface area contributed by atoms with E-state index in [0.717, 1.165) is 11.3 Å². The lowest BCUT2D eigenvalue weighted by molar-refractivity contribution is -0.120. The molecule has 0 spiro atoms. The van der Waals surface area contributed by atoms with Crippen molar-refractivity contribution in [1.82, 2.24) is 5.32 Å². The quantitative estimate of drug-likeness (QED) is 0.933. The van der Waals surface area contributed by atoms with E-state index < -0.39 is 0 Å². The number of ether oxygens (including phenoxy) is 2. The molecule has 0 fully saturated rings. The van der Waals surface area contributed by atoms with Crippen molar-refractivity contribution >= 4 is 17.5 Å². The molecule has 0 radical (unpaired) electrons. The highest BCUT2D eigenvalue weighted by atomic mass is 16.5. The molecule has 0 aliphatic carbocycles. The number of nitrogens with zero attached hydrogens (tertiary/aromatic N) is 1. The van der Waals surface area contributed by atoms with Crippen molar-refractivity contribution < 1.29 is 19.1 Å². The van der Waals surface area contributed by atoms with Crippen LogP contribution in [0.25, 0.3) is 0 Å². The monoisotopic (exact) mass is 326 g/mol. The van der Waals surface area contributed by atoms with Crippen molar-refractivity contribution in [2.75, 3.05) is 25.7 Å². The van der Waals surface area contributed by atoms with Crippen LogP contribution >= 0.6 is 0 Å². The van der Waals surface area contributed by atoms with Crippen LogP contribution in [0, 0.1) is 0 Å². The van der Waals surface area contributed by atoms with E-state index in [1.165, 1.54) is 4.90 Å². The van der Waals surface area contributed by atoms with Gasteiger partial charge in [0.2, 0.25) is 0 Å². The number of carbonyl (C=O) groups is 2. The maximum Gasteiger partial charge on any atom is 0.264 e. The fourth-order valence-electron chi connectivity index (χ4n) is 2.44. The molecule has 24 heavy (non-hydrogen) atoms. The molecule has 0 saturated heterocycles. The largest absolute Gasteiger partial charge is 0.497 e. The summed E-state index contributed by atoms with van der Waals surface area (Å²) in [6.45, 7) is 0.428. The zero-order valence-electron chi connectivity index (χ0n) is 13.5. The third-order valence-electron chi connectivity index (χ3n) is 3.92. The van der Waals surface area contributed by atoms with E-state index in [0.29, 0.717) is 23.5 Å². The second-order valence-corrected chi connectivity index (χ2v) is 5.45. The van der Waals surface area contributed by atoms with Gasteiger partial charge >= 0.3 is 0 Å². The Balaban J connectivity index is 1.70. The number of hydrogen-bond donors (Lipinski definition) is 1. The molecule has 0 atom stereocenters. The molecular weight excluding hydrogens is 308 g/mol. The molecule has 0 unspecified atom stereocenters. The molecule has 0 saturated carbocycles. The first-order chi connectivity index (χ1) is 11.6. The summed E-state index contributed by atoms with van der Waals surface area (Å²) >= 11 is 0. The molecule has 2 aromatic carbocycles. The van der Waals surface area contributed by atoms with Crippen LogP contribution in [-0.4, -0.2) is 32.6 Å². The van der Waals surface area contributed by atoms with E-state index in [2.05, 4.69) is 5.32 Å². The molecule has 1 N–H and O–H groups in total. The van der Waals surface area contributed by atoms with Crippen LogP contribution in [0.2, 0.25) is 0 Å². The van der Waals surface area contributed by atoms with Gasteiger partial charge in [-0.05, 0) is 35.9 Å². The lowest BCUT2D eigenvalue weighted by Gasteiger charge is -2.26. The van der Waals surface area contributed by atoms with E-state index in [4.69, 9.17) is 9.47 Å². The number of carbonyl (C=O) groups excluding carboxylic acids is 2. The molecule has 6 heteroatoms. The first-order valence-corrected chi connectivity index (χ1v) is 7.53. The van der Waals surface area contributed by atoms with Crippen LogP contribution in [0.3, 0.4) is 0 Å². The second-order valence-electron chi connectivity index (χ2n) is 5.45. The topological polar surface area (TPSA) is 67.9 Å². The normalized spacial score (nSPS) is 13.1. The van der Waals surface area contributed by atoms with Gasteiger partial charge in [0, 0.05) is 19.2 Å². The second kappa shape index (κ2) is 6.62. The molecule has 124 valence electrons. The number of nitrogens with one attached hydrogen (secondary N) is 1. The minimum absolute atomic E-state index is 0.0203. The fourth-order valence-corrected chi connectivity index (χ4v) is 2.44. The van der Waals surface area contributed by atoms with Gasteiger partial charge in [0.15, 0.2) is 6.61 Å². The first kappa shape index (κ1) is 15.9. The van der Waals surface area contributed by atoms with Gasteiger partial charge in [-0.3, -0.25) is 9.59 Å². The highest BCUT2D eigenvalue weighted by Gasteiger charge is 2.23. The summed E-state index contributed by atoms with van der Waals surface area (Å²) in [7, 11) is 3.28. The number of likely N-dealkylation sites (N-methyl/N-ethyl adjacent to an activating group) is 1. The number of methoxy groups -OCH3 is 1. The van der Waals surface area contributed by atoms with Crippen molar-refractivity contribution in [2.24, 2.45) is 0 Å². The molecule has 3 rings (SSSR count). The number of benzene rings is 2. The zero-order chi connectivity index (χ0) is 17.1. The Kier molecular flexibility index (Phi) is 4.37. The molecule has 0 bridgehead atoms. The number of fused-ring (bicyclic) bond motifs is 1. The third kappa shape index (κ3) is 3.17. The van der Waals surface area contributed by atoms with Crippen molar-refractivity contribution in [3.63, 3.8) is 0 Å². The summed E-state index contributed by atoms with van der Waals surface area (Å²) in [5.74, 6) is 1.02. The first-order valence-electron chi connectivity index (χ1n) is 7.53. The van der Waals surface area contributed by atoms with Gasteiger partial charge in [-0.2, -0.15) is 0 Å². The van der Waals surface area contributed by atoms with Gasteiger partial charge in [0.1, 0.15) is 11.5 Å². The van der Waals surface area contributed by atoms with Crippen LogP contribution in [0.4, 0.5) is 5.69 Å². The Labute approximate surface area is 140 Å². The maximum absolute atomic E-state index is 12.3. The van der Waals surface area contributed by atoms with Crippen molar-refractivity contribution in [2.45, 2.75) is 6.54 Å². The van der Waals surface area contributed by atoms with Crippen LogP contribution in [0.15, 0.2) is 42.5 Å². The highest BCUT2D eigenvalue weighted by Crippen LogP contribution is 2.31. The summed E-state index contributed by atoms with van der Waals surface area (Å²) < 4.78 is 10.5. The summed E-state index contributed by atoms with van der Waals surface area (Å²) in [6.07, 6.45) is 0. The Morgan fingerprint density at radius 2 is 2.00 bits per heavy atom. The summed E-state index contributed by atoms with van der Waals surface area (Å²) in [5, 5.41) is 2.86. The number of hydrogen-bond acceptors (Lipinski definition) is 4. The van der Waals surface area contributed by atoms with Crippen molar-refractivity contribution in [3.8, 4) is 11.5 Å². The summed E-state index contributed by atoms with van der Waals surface area (Å²) in [5.41, 5.74) is 2.05. The Bertz CT molecular complexity index is 771. The lowest BCUT2D eigenvalue weighted by Crippen LogP contribution is -2.35. The SMILES string of the molecule is COc1ccc(CNC(=O)c2ccc3c(c2)N(C)C(=O)CO3)cc1.